The third-order valence-electron chi connectivity index (χ3n) is 1.93. The highest BCUT2D eigenvalue weighted by molar-refractivity contribution is 5.48. The van der Waals surface area contributed by atoms with Crippen LogP contribution in [0.3, 0.4) is 0 Å². The van der Waals surface area contributed by atoms with E-state index in [-0.39, 0.29) is 12.3 Å². The maximum Gasteiger partial charge on any atom is 0.276 e. The molecule has 1 aromatic rings. The number of hydrogen-bond donors (Lipinski definition) is 1. The van der Waals surface area contributed by atoms with Crippen molar-refractivity contribution >= 4 is 5.69 Å². The van der Waals surface area contributed by atoms with E-state index in [1.807, 2.05) is 0 Å². The van der Waals surface area contributed by atoms with Crippen LogP contribution >= 0.6 is 0 Å². The number of nitro groups is 1. The minimum absolute atomic E-state index is 0.0260. The molecule has 0 spiro atoms. The van der Waals surface area contributed by atoms with Crippen molar-refractivity contribution < 1.29 is 14.8 Å². The number of aliphatic hydroxyl groups excluding tert-OH is 1. The molecule has 0 fully saturated rings. The van der Waals surface area contributed by atoms with Gasteiger partial charge in [-0.15, -0.1) is 0 Å². The van der Waals surface area contributed by atoms with E-state index in [1.165, 1.54) is 6.07 Å². The molecule has 0 unspecified atom stereocenters. The summed E-state index contributed by atoms with van der Waals surface area (Å²) < 4.78 is 5.23. The smallest absolute Gasteiger partial charge is 0.276 e. The minimum Gasteiger partial charge on any atom is -0.490 e. The van der Waals surface area contributed by atoms with E-state index in [1.54, 1.807) is 26.0 Å². The monoisotopic (exact) mass is 211 g/mol. The second-order valence-electron chi connectivity index (χ2n) is 3.32. The molecular weight excluding hydrogens is 198 g/mol. The lowest BCUT2D eigenvalue weighted by Crippen LogP contribution is -2.13. The van der Waals surface area contributed by atoms with Crippen molar-refractivity contribution in [3.05, 3.63) is 33.9 Å². The number of ether oxygens (including phenoxy) is 1. The van der Waals surface area contributed by atoms with Gasteiger partial charge in [0.1, 0.15) is 12.4 Å². The number of hydrogen-bond acceptors (Lipinski definition) is 4. The summed E-state index contributed by atoms with van der Waals surface area (Å²) in [6.07, 6.45) is -0.594. The Bertz CT molecular complexity index is 362. The van der Waals surface area contributed by atoms with Crippen molar-refractivity contribution in [1.82, 2.24) is 0 Å². The lowest BCUT2D eigenvalue weighted by atomic mass is 10.2. The van der Waals surface area contributed by atoms with Crippen molar-refractivity contribution in [1.29, 1.82) is 0 Å². The maximum atomic E-state index is 10.6. The van der Waals surface area contributed by atoms with Crippen molar-refractivity contribution in [2.75, 3.05) is 6.61 Å². The molecule has 1 N–H and O–H groups in total. The fraction of sp³-hybridized carbons (Fsp3) is 0.400. The summed E-state index contributed by atoms with van der Waals surface area (Å²) in [6, 6.07) is 4.62. The summed E-state index contributed by atoms with van der Waals surface area (Å²) in [5.41, 5.74) is 0.501. The average molecular weight is 211 g/mol. The molecule has 5 heteroatoms. The largest absolute Gasteiger partial charge is 0.490 e. The van der Waals surface area contributed by atoms with E-state index in [4.69, 9.17) is 9.84 Å². The summed E-state index contributed by atoms with van der Waals surface area (Å²) in [5, 5.41) is 19.6. The van der Waals surface area contributed by atoms with E-state index in [2.05, 4.69) is 0 Å². The van der Waals surface area contributed by atoms with Crippen LogP contribution in [-0.4, -0.2) is 22.7 Å². The SMILES string of the molecule is Cc1c(OC[C@H](C)O)cccc1[N+](=O)[O-]. The van der Waals surface area contributed by atoms with Crippen LogP contribution in [0.1, 0.15) is 12.5 Å². The first kappa shape index (κ1) is 11.5. The molecule has 0 aliphatic carbocycles. The second-order valence-corrected chi connectivity index (χ2v) is 3.32. The zero-order valence-electron chi connectivity index (χ0n) is 8.64. The van der Waals surface area contributed by atoms with Crippen molar-refractivity contribution in [3.8, 4) is 5.75 Å². The number of rotatable bonds is 4. The van der Waals surface area contributed by atoms with Gasteiger partial charge in [-0.2, -0.15) is 0 Å². The van der Waals surface area contributed by atoms with Gasteiger partial charge in [0.15, 0.2) is 0 Å². The van der Waals surface area contributed by atoms with Crippen molar-refractivity contribution in [2.45, 2.75) is 20.0 Å². The molecule has 82 valence electrons. The second kappa shape index (κ2) is 4.75. The molecule has 5 nitrogen and oxygen atoms in total. The first-order chi connectivity index (χ1) is 7.02. The first-order valence-corrected chi connectivity index (χ1v) is 4.57. The van der Waals surface area contributed by atoms with Gasteiger partial charge < -0.3 is 9.84 Å². The van der Waals surface area contributed by atoms with Crippen LogP contribution in [0.5, 0.6) is 5.75 Å². The van der Waals surface area contributed by atoms with E-state index in [9.17, 15) is 10.1 Å². The summed E-state index contributed by atoms with van der Waals surface area (Å²) in [6.45, 7) is 3.34. The molecule has 0 saturated heterocycles. The Morgan fingerprint density at radius 3 is 2.80 bits per heavy atom. The van der Waals surface area contributed by atoms with Gasteiger partial charge in [-0.1, -0.05) is 6.07 Å². The number of nitrogens with zero attached hydrogens (tertiary/aromatic N) is 1. The van der Waals surface area contributed by atoms with Crippen LogP contribution in [0, 0.1) is 17.0 Å². The quantitative estimate of drug-likeness (QED) is 0.607. The molecule has 1 atom stereocenters. The minimum atomic E-state index is -0.594. The van der Waals surface area contributed by atoms with Gasteiger partial charge in [0.2, 0.25) is 0 Å². The van der Waals surface area contributed by atoms with E-state index >= 15 is 0 Å². The van der Waals surface area contributed by atoms with Gasteiger partial charge in [-0.25, -0.2) is 0 Å². The predicted molar refractivity (Wildman–Crippen MR) is 55.0 cm³/mol. The van der Waals surface area contributed by atoms with Crippen LogP contribution in [0.15, 0.2) is 18.2 Å². The zero-order valence-corrected chi connectivity index (χ0v) is 8.64. The predicted octanol–water partition coefficient (Wildman–Crippen LogP) is 1.66. The fourth-order valence-electron chi connectivity index (χ4n) is 1.17. The van der Waals surface area contributed by atoms with Gasteiger partial charge in [0.05, 0.1) is 16.6 Å². The third kappa shape index (κ3) is 2.92. The molecule has 0 saturated carbocycles. The molecule has 0 amide bonds. The van der Waals surface area contributed by atoms with Crippen LogP contribution < -0.4 is 4.74 Å². The lowest BCUT2D eigenvalue weighted by Gasteiger charge is -2.10. The highest BCUT2D eigenvalue weighted by atomic mass is 16.6. The van der Waals surface area contributed by atoms with Gasteiger partial charge in [-0.3, -0.25) is 10.1 Å². The number of benzene rings is 1. The van der Waals surface area contributed by atoms with Crippen LogP contribution in [-0.2, 0) is 0 Å². The van der Waals surface area contributed by atoms with Crippen LogP contribution in [0.25, 0.3) is 0 Å². The molecule has 1 aromatic carbocycles. The highest BCUT2D eigenvalue weighted by Gasteiger charge is 2.14. The van der Waals surface area contributed by atoms with Gasteiger partial charge in [-0.05, 0) is 19.9 Å². The molecule has 0 radical (unpaired) electrons. The normalized spacial score (nSPS) is 12.2. The van der Waals surface area contributed by atoms with Crippen molar-refractivity contribution in [2.24, 2.45) is 0 Å². The Labute approximate surface area is 87.5 Å². The van der Waals surface area contributed by atoms with E-state index in [0.29, 0.717) is 11.3 Å². The Kier molecular flexibility index (Phi) is 3.62. The molecule has 0 heterocycles. The molecule has 15 heavy (non-hydrogen) atoms. The van der Waals surface area contributed by atoms with Crippen molar-refractivity contribution in [3.63, 3.8) is 0 Å². The Hall–Kier alpha value is -1.62. The number of aliphatic hydroxyl groups is 1. The topological polar surface area (TPSA) is 72.6 Å². The lowest BCUT2D eigenvalue weighted by molar-refractivity contribution is -0.385. The van der Waals surface area contributed by atoms with Gasteiger partial charge >= 0.3 is 0 Å². The maximum absolute atomic E-state index is 10.6. The third-order valence-corrected chi connectivity index (χ3v) is 1.93. The summed E-state index contributed by atoms with van der Waals surface area (Å²) in [7, 11) is 0. The first-order valence-electron chi connectivity index (χ1n) is 4.57. The fourth-order valence-corrected chi connectivity index (χ4v) is 1.17. The molecule has 0 aliphatic heterocycles. The molecule has 0 bridgehead atoms. The van der Waals surface area contributed by atoms with Crippen LogP contribution in [0.4, 0.5) is 5.69 Å². The summed E-state index contributed by atoms with van der Waals surface area (Å²) in [5.74, 6) is 0.435. The van der Waals surface area contributed by atoms with Crippen LogP contribution in [0.2, 0.25) is 0 Å². The summed E-state index contributed by atoms with van der Waals surface area (Å²) >= 11 is 0. The molecule has 0 aromatic heterocycles. The average Bonchev–Trinajstić information content (AvgIpc) is 2.15. The van der Waals surface area contributed by atoms with Gasteiger partial charge in [0.25, 0.3) is 5.69 Å². The van der Waals surface area contributed by atoms with E-state index < -0.39 is 11.0 Å². The Morgan fingerprint density at radius 1 is 1.60 bits per heavy atom. The highest BCUT2D eigenvalue weighted by Crippen LogP contribution is 2.26. The Balaban J connectivity index is 2.89. The molecule has 1 rings (SSSR count). The van der Waals surface area contributed by atoms with E-state index in [0.717, 1.165) is 0 Å². The zero-order chi connectivity index (χ0) is 11.4. The van der Waals surface area contributed by atoms with Gasteiger partial charge in [0, 0.05) is 6.07 Å². The molecular formula is C10H13NO4. The summed E-state index contributed by atoms with van der Waals surface area (Å²) in [4.78, 5) is 10.2. The molecule has 0 aliphatic rings. The number of nitro benzene ring substituents is 1. The Morgan fingerprint density at radius 2 is 2.27 bits per heavy atom. The standard InChI is InChI=1S/C10H13NO4/c1-7(12)6-15-10-5-3-4-9(8(10)2)11(13)14/h3-5,7,12H,6H2,1-2H3/t7-/m0/s1.